The van der Waals surface area contributed by atoms with Gasteiger partial charge in [0.15, 0.2) is 0 Å². The van der Waals surface area contributed by atoms with Gasteiger partial charge in [0, 0.05) is 0 Å². The second-order valence-corrected chi connectivity index (χ2v) is 6.59. The minimum absolute atomic E-state index is 1.08. The summed E-state index contributed by atoms with van der Waals surface area (Å²) in [5.41, 5.74) is 0. The molecular formula is C6H18P4. The van der Waals surface area contributed by atoms with E-state index in [1.54, 1.807) is 0 Å². The van der Waals surface area contributed by atoms with Crippen LogP contribution >= 0.6 is 34.4 Å². The van der Waals surface area contributed by atoms with Crippen LogP contribution in [-0.4, -0.2) is 12.3 Å². The normalized spacial score (nSPS) is 12.6. The molecule has 4 heteroatoms. The largest absolute Gasteiger partial charge is 0.114 e. The number of rotatable bonds is 7. The van der Waals surface area contributed by atoms with Gasteiger partial charge in [-0.1, -0.05) is 12.8 Å². The van der Waals surface area contributed by atoms with Gasteiger partial charge in [0.25, 0.3) is 0 Å². The van der Waals surface area contributed by atoms with Crippen LogP contribution in [0.15, 0.2) is 0 Å². The zero-order valence-electron chi connectivity index (χ0n) is 6.40. The third-order valence-corrected chi connectivity index (χ3v) is 4.41. The van der Waals surface area contributed by atoms with Crippen molar-refractivity contribution in [2.45, 2.75) is 25.7 Å². The molecule has 0 aliphatic carbocycles. The first-order chi connectivity index (χ1) is 4.91. The fourth-order valence-electron chi connectivity index (χ4n) is 0.808. The van der Waals surface area contributed by atoms with E-state index in [-0.39, 0.29) is 0 Å². The summed E-state index contributed by atoms with van der Waals surface area (Å²) in [5, 5.41) is 0. The van der Waals surface area contributed by atoms with Crippen LogP contribution < -0.4 is 0 Å². The zero-order chi connectivity index (χ0) is 7.66. The molecule has 0 aromatic rings. The Balaban J connectivity index is 2.65. The molecule has 0 bridgehead atoms. The van der Waals surface area contributed by atoms with E-state index >= 15 is 0 Å². The minimum Gasteiger partial charge on any atom is -0.114 e. The molecule has 0 aromatic heterocycles. The van der Waals surface area contributed by atoms with Gasteiger partial charge in [-0.3, -0.25) is 0 Å². The number of hydrogen-bond donors (Lipinski definition) is 0. The lowest BCUT2D eigenvalue weighted by molar-refractivity contribution is 0.711. The molecule has 0 radical (unpaired) electrons. The third-order valence-electron chi connectivity index (χ3n) is 1.39. The number of hydrogen-bond acceptors (Lipinski definition) is 0. The smallest absolute Gasteiger partial charge is 0.0319 e. The Bertz CT molecular complexity index is 49.7. The standard InChI is InChI=1S/C6H18P4/c7-9-5-3-1-2-4-6-10-8/h9-10H,1-8H2. The Morgan fingerprint density at radius 1 is 0.700 bits per heavy atom. The van der Waals surface area contributed by atoms with Gasteiger partial charge in [0.2, 0.25) is 0 Å². The van der Waals surface area contributed by atoms with E-state index in [2.05, 4.69) is 17.9 Å². The molecule has 0 aromatic carbocycles. The van der Waals surface area contributed by atoms with Crippen molar-refractivity contribution in [2.24, 2.45) is 0 Å². The lowest BCUT2D eigenvalue weighted by atomic mass is 10.2. The molecule has 10 heavy (non-hydrogen) atoms. The van der Waals surface area contributed by atoms with E-state index in [9.17, 15) is 0 Å². The maximum atomic E-state index is 2.81. The van der Waals surface area contributed by atoms with Crippen molar-refractivity contribution in [1.82, 2.24) is 0 Å². The zero-order valence-corrected chi connectivity index (χ0v) is 10.7. The van der Waals surface area contributed by atoms with Crippen molar-refractivity contribution in [3.8, 4) is 0 Å². The van der Waals surface area contributed by atoms with Crippen molar-refractivity contribution in [1.29, 1.82) is 0 Å². The van der Waals surface area contributed by atoms with E-state index in [1.165, 1.54) is 38.0 Å². The Hall–Kier alpha value is 1.72. The fraction of sp³-hybridized carbons (Fsp3) is 1.00. The van der Waals surface area contributed by atoms with Gasteiger partial charge >= 0.3 is 0 Å². The summed E-state index contributed by atoms with van der Waals surface area (Å²) in [7, 11) is 7.79. The molecule has 0 saturated carbocycles. The highest BCUT2D eigenvalue weighted by atomic mass is 32.0. The van der Waals surface area contributed by atoms with Crippen molar-refractivity contribution in [3.63, 3.8) is 0 Å². The van der Waals surface area contributed by atoms with Crippen LogP contribution in [0, 0.1) is 0 Å². The van der Waals surface area contributed by atoms with E-state index in [1.807, 2.05) is 0 Å². The monoisotopic (exact) mass is 214 g/mol. The molecular weight excluding hydrogens is 196 g/mol. The van der Waals surface area contributed by atoms with E-state index in [0.29, 0.717) is 0 Å². The van der Waals surface area contributed by atoms with Crippen LogP contribution in [0.4, 0.5) is 0 Å². The summed E-state index contributed by atoms with van der Waals surface area (Å²) in [4.78, 5) is 0. The Labute approximate surface area is 72.8 Å². The Morgan fingerprint density at radius 2 is 1.10 bits per heavy atom. The predicted octanol–water partition coefficient (Wildman–Crippen LogP) is 3.48. The molecule has 0 aliphatic heterocycles. The average Bonchev–Trinajstić information content (AvgIpc) is 1.97. The lowest BCUT2D eigenvalue weighted by Crippen LogP contribution is -1.79. The molecule has 0 nitrogen and oxygen atoms in total. The second kappa shape index (κ2) is 10.7. The van der Waals surface area contributed by atoms with Gasteiger partial charge < -0.3 is 0 Å². The van der Waals surface area contributed by atoms with Crippen molar-refractivity contribution in [2.75, 3.05) is 12.3 Å². The van der Waals surface area contributed by atoms with Crippen molar-refractivity contribution in [3.05, 3.63) is 0 Å². The van der Waals surface area contributed by atoms with Crippen LogP contribution in [0.1, 0.15) is 25.7 Å². The summed E-state index contributed by atoms with van der Waals surface area (Å²) >= 11 is 0. The SMILES string of the molecule is PPCCCCCCPP. The summed E-state index contributed by atoms with van der Waals surface area (Å²) in [6, 6.07) is 0. The van der Waals surface area contributed by atoms with E-state index in [0.717, 1.165) is 16.5 Å². The summed E-state index contributed by atoms with van der Waals surface area (Å²) in [6.07, 6.45) is 8.65. The molecule has 0 rings (SSSR count). The lowest BCUT2D eigenvalue weighted by Gasteiger charge is -1.97. The molecule has 4 unspecified atom stereocenters. The average molecular weight is 214 g/mol. The topological polar surface area (TPSA) is 0 Å². The van der Waals surface area contributed by atoms with Crippen molar-refractivity contribution >= 4 is 34.4 Å². The summed E-state index contributed by atoms with van der Waals surface area (Å²) < 4.78 is 0. The maximum Gasteiger partial charge on any atom is -0.0319 e. The van der Waals surface area contributed by atoms with Crippen LogP contribution in [-0.2, 0) is 0 Å². The second-order valence-electron chi connectivity index (χ2n) is 2.32. The minimum atomic E-state index is 1.08. The molecule has 0 spiro atoms. The highest BCUT2D eigenvalue weighted by Gasteiger charge is 1.87. The fourth-order valence-corrected chi connectivity index (χ4v) is 2.94. The molecule has 4 atom stereocenters. The van der Waals surface area contributed by atoms with Gasteiger partial charge in [0.05, 0.1) is 0 Å². The van der Waals surface area contributed by atoms with Crippen LogP contribution in [0.3, 0.4) is 0 Å². The van der Waals surface area contributed by atoms with Crippen molar-refractivity contribution < 1.29 is 0 Å². The molecule has 0 fully saturated rings. The van der Waals surface area contributed by atoms with Crippen LogP contribution in [0.5, 0.6) is 0 Å². The molecule has 0 aliphatic rings. The highest BCUT2D eigenvalue weighted by Crippen LogP contribution is 2.24. The first kappa shape index (κ1) is 11.7. The van der Waals surface area contributed by atoms with E-state index < -0.39 is 0 Å². The summed E-state index contributed by atoms with van der Waals surface area (Å²) in [5.74, 6) is 0. The van der Waals surface area contributed by atoms with Gasteiger partial charge in [-0.05, 0) is 25.2 Å². The van der Waals surface area contributed by atoms with Crippen LogP contribution in [0.25, 0.3) is 0 Å². The highest BCUT2D eigenvalue weighted by molar-refractivity contribution is 8.03. The summed E-state index contributed by atoms with van der Waals surface area (Å²) in [6.45, 7) is 0. The van der Waals surface area contributed by atoms with Gasteiger partial charge in [-0.25, -0.2) is 0 Å². The first-order valence-electron chi connectivity index (χ1n) is 3.78. The first-order valence-corrected chi connectivity index (χ1v) is 9.82. The predicted molar refractivity (Wildman–Crippen MR) is 64.3 cm³/mol. The molecule has 62 valence electrons. The molecule has 0 saturated heterocycles. The van der Waals surface area contributed by atoms with Gasteiger partial charge in [0.1, 0.15) is 0 Å². The Morgan fingerprint density at radius 3 is 1.40 bits per heavy atom. The van der Waals surface area contributed by atoms with Gasteiger partial charge in [-0.15, -0.1) is 34.4 Å². The maximum absolute atomic E-state index is 2.81. The van der Waals surface area contributed by atoms with Crippen LogP contribution in [0.2, 0.25) is 0 Å². The molecule has 0 amide bonds. The molecule has 0 N–H and O–H groups in total. The number of unbranched alkanes of at least 4 members (excludes halogenated alkanes) is 3. The Kier molecular flexibility index (Phi) is 12.6. The van der Waals surface area contributed by atoms with Gasteiger partial charge in [-0.2, -0.15) is 0 Å². The quantitative estimate of drug-likeness (QED) is 0.449. The van der Waals surface area contributed by atoms with E-state index in [4.69, 9.17) is 0 Å². The molecule has 0 heterocycles. The third kappa shape index (κ3) is 9.72.